The van der Waals surface area contributed by atoms with Gasteiger partial charge in [0, 0.05) is 29.1 Å². The Morgan fingerprint density at radius 1 is 1.31 bits per heavy atom. The highest BCUT2D eigenvalue weighted by molar-refractivity contribution is 9.10. The zero-order valence-corrected chi connectivity index (χ0v) is 20.4. The molecule has 2 aromatic carbocycles. The molecule has 3 aromatic rings. The summed E-state index contributed by atoms with van der Waals surface area (Å²) in [6, 6.07) is 7.94. The van der Waals surface area contributed by atoms with Crippen LogP contribution in [0.2, 0.25) is 5.02 Å². The zero-order chi connectivity index (χ0) is 23.0. The minimum absolute atomic E-state index is 0.0562. The number of hydrogen-bond donors (Lipinski definition) is 2. The monoisotopic (exact) mass is 540 g/mol. The fraction of sp³-hybridized carbons (Fsp3) is 0.333. The average molecular weight is 542 g/mol. The molecule has 1 aromatic heterocycles. The lowest BCUT2D eigenvalue weighted by Gasteiger charge is -2.17. The Labute approximate surface area is 198 Å². The first-order valence-corrected chi connectivity index (χ1v) is 12.9. The number of likely N-dealkylation sites (tertiary alicyclic amines) is 1. The topological polar surface area (TPSA) is 105 Å². The molecule has 2 heterocycles. The second-order valence-corrected chi connectivity index (χ2v) is 11.3. The number of halogens is 2. The number of β-amino-alcohol motifs (C(OH)–C–C–N with tert-alkyl or cyclic N) is 1. The lowest BCUT2D eigenvalue weighted by atomic mass is 10.1. The van der Waals surface area contributed by atoms with E-state index in [4.69, 9.17) is 11.6 Å². The summed E-state index contributed by atoms with van der Waals surface area (Å²) in [6.45, 7) is 3.62. The molecule has 1 saturated heterocycles. The van der Waals surface area contributed by atoms with Gasteiger partial charge >= 0.3 is 0 Å². The van der Waals surface area contributed by atoms with Gasteiger partial charge in [0.1, 0.15) is 6.33 Å². The third-order valence-corrected chi connectivity index (χ3v) is 8.22. The standard InChI is InChI=1S/C21H22BrClN4O4S/c1-2-32(30,31)20-4-3-14(23)8-19(20)25-27-12-24-18-7-13(10-26-6-5-15(28)11-26)17(22)9-16(18)21(27)29/h3-4,7-9,12,15,25,28H,2,5-6,10-11H2,1H3/t15-/m0/s1. The largest absolute Gasteiger partial charge is 0.392 e. The lowest BCUT2D eigenvalue weighted by molar-refractivity contribution is 0.174. The molecule has 32 heavy (non-hydrogen) atoms. The number of rotatable bonds is 6. The van der Waals surface area contributed by atoms with Crippen LogP contribution in [0, 0.1) is 0 Å². The van der Waals surface area contributed by atoms with E-state index in [-0.39, 0.29) is 28.0 Å². The maximum atomic E-state index is 13.1. The molecule has 1 aliphatic heterocycles. The molecular formula is C21H22BrClN4O4S. The predicted molar refractivity (Wildman–Crippen MR) is 128 cm³/mol. The van der Waals surface area contributed by atoms with Gasteiger partial charge in [-0.1, -0.05) is 34.5 Å². The van der Waals surface area contributed by atoms with Crippen molar-refractivity contribution in [2.75, 3.05) is 24.3 Å². The van der Waals surface area contributed by atoms with Gasteiger partial charge < -0.3 is 5.11 Å². The van der Waals surface area contributed by atoms with E-state index in [1.54, 1.807) is 13.0 Å². The quantitative estimate of drug-likeness (QED) is 0.494. The maximum absolute atomic E-state index is 13.1. The number of nitrogens with zero attached hydrogens (tertiary/aromatic N) is 3. The number of benzene rings is 2. The highest BCUT2D eigenvalue weighted by Gasteiger charge is 2.22. The molecule has 0 unspecified atom stereocenters. The van der Waals surface area contributed by atoms with Crippen LogP contribution < -0.4 is 11.0 Å². The third-order valence-electron chi connectivity index (χ3n) is 5.47. The van der Waals surface area contributed by atoms with Crippen LogP contribution in [-0.4, -0.2) is 53.0 Å². The first-order valence-electron chi connectivity index (χ1n) is 10.1. The summed E-state index contributed by atoms with van der Waals surface area (Å²) >= 11 is 9.60. The summed E-state index contributed by atoms with van der Waals surface area (Å²) in [6.07, 6.45) is 1.77. The van der Waals surface area contributed by atoms with Gasteiger partial charge in [-0.2, -0.15) is 0 Å². The molecule has 0 amide bonds. The van der Waals surface area contributed by atoms with Gasteiger partial charge in [-0.15, -0.1) is 0 Å². The Morgan fingerprint density at radius 2 is 2.09 bits per heavy atom. The minimum Gasteiger partial charge on any atom is -0.392 e. The van der Waals surface area contributed by atoms with E-state index in [0.717, 1.165) is 27.7 Å². The predicted octanol–water partition coefficient (Wildman–Crippen LogP) is 3.05. The Kier molecular flexibility index (Phi) is 6.60. The van der Waals surface area contributed by atoms with Crippen LogP contribution >= 0.6 is 27.5 Å². The van der Waals surface area contributed by atoms with Crippen LogP contribution in [0.4, 0.5) is 5.69 Å². The molecule has 1 fully saturated rings. The van der Waals surface area contributed by atoms with E-state index < -0.39 is 9.84 Å². The van der Waals surface area contributed by atoms with Gasteiger partial charge in [0.15, 0.2) is 9.84 Å². The smallest absolute Gasteiger partial charge is 0.280 e. The molecule has 4 rings (SSSR count). The Bertz CT molecular complexity index is 1350. The number of aliphatic hydroxyl groups excluding tert-OH is 1. The van der Waals surface area contributed by atoms with Gasteiger partial charge in [0.25, 0.3) is 5.56 Å². The molecule has 1 aliphatic rings. The molecule has 0 saturated carbocycles. The molecule has 0 bridgehead atoms. The molecule has 1 atom stereocenters. The Balaban J connectivity index is 1.70. The van der Waals surface area contributed by atoms with Gasteiger partial charge in [0.05, 0.1) is 33.3 Å². The number of anilines is 1. The second-order valence-electron chi connectivity index (χ2n) is 7.71. The van der Waals surface area contributed by atoms with E-state index in [1.165, 1.54) is 24.5 Å². The average Bonchev–Trinajstić information content (AvgIpc) is 3.16. The third kappa shape index (κ3) is 4.69. The molecule has 0 aliphatic carbocycles. The van der Waals surface area contributed by atoms with Crippen LogP contribution in [0.3, 0.4) is 0 Å². The van der Waals surface area contributed by atoms with Crippen LogP contribution in [0.5, 0.6) is 0 Å². The van der Waals surface area contributed by atoms with Crippen molar-refractivity contribution in [1.82, 2.24) is 14.6 Å². The SMILES string of the molecule is CCS(=O)(=O)c1ccc(Cl)cc1Nn1cnc2cc(CN3CC[C@H](O)C3)c(Br)cc2c1=O. The molecule has 0 spiro atoms. The van der Waals surface area contributed by atoms with E-state index >= 15 is 0 Å². The number of aromatic nitrogens is 2. The number of hydrogen-bond acceptors (Lipinski definition) is 7. The molecular weight excluding hydrogens is 520 g/mol. The van der Waals surface area contributed by atoms with Crippen molar-refractivity contribution < 1.29 is 13.5 Å². The van der Waals surface area contributed by atoms with E-state index in [2.05, 4.69) is 31.2 Å². The van der Waals surface area contributed by atoms with Crippen molar-refractivity contribution in [3.63, 3.8) is 0 Å². The van der Waals surface area contributed by atoms with Gasteiger partial charge in [-0.05, 0) is 42.3 Å². The van der Waals surface area contributed by atoms with Crippen molar-refractivity contribution in [2.24, 2.45) is 0 Å². The number of fused-ring (bicyclic) bond motifs is 1. The number of aliphatic hydroxyl groups is 1. The summed E-state index contributed by atoms with van der Waals surface area (Å²) in [5.74, 6) is -0.0854. The van der Waals surface area contributed by atoms with E-state index in [0.29, 0.717) is 29.0 Å². The molecule has 170 valence electrons. The van der Waals surface area contributed by atoms with E-state index in [9.17, 15) is 18.3 Å². The first-order chi connectivity index (χ1) is 15.2. The van der Waals surface area contributed by atoms with Crippen molar-refractivity contribution in [3.05, 3.63) is 62.1 Å². The summed E-state index contributed by atoms with van der Waals surface area (Å²) in [5.41, 5.74) is 4.16. The van der Waals surface area contributed by atoms with Crippen LogP contribution in [0.1, 0.15) is 18.9 Å². The van der Waals surface area contributed by atoms with Crippen molar-refractivity contribution in [1.29, 1.82) is 0 Å². The molecule has 8 nitrogen and oxygen atoms in total. The summed E-state index contributed by atoms with van der Waals surface area (Å²) in [4.78, 5) is 19.7. The highest BCUT2D eigenvalue weighted by Crippen LogP contribution is 2.27. The summed E-state index contributed by atoms with van der Waals surface area (Å²) < 4.78 is 26.8. The highest BCUT2D eigenvalue weighted by atomic mass is 79.9. The van der Waals surface area contributed by atoms with Gasteiger partial charge in [0.2, 0.25) is 0 Å². The summed E-state index contributed by atoms with van der Waals surface area (Å²) in [5, 5.41) is 10.5. The number of sulfone groups is 1. The van der Waals surface area contributed by atoms with Crippen LogP contribution in [-0.2, 0) is 16.4 Å². The molecule has 11 heteroatoms. The van der Waals surface area contributed by atoms with Crippen LogP contribution in [0.15, 0.2) is 50.8 Å². The zero-order valence-electron chi connectivity index (χ0n) is 17.3. The Hall–Kier alpha value is -1.98. The maximum Gasteiger partial charge on any atom is 0.280 e. The fourth-order valence-electron chi connectivity index (χ4n) is 3.73. The van der Waals surface area contributed by atoms with Crippen molar-refractivity contribution >= 4 is 54.0 Å². The fourth-order valence-corrected chi connectivity index (χ4v) is 5.40. The first kappa shape index (κ1) is 23.2. The second kappa shape index (κ2) is 9.11. The normalized spacial score (nSPS) is 17.2. The van der Waals surface area contributed by atoms with Crippen molar-refractivity contribution in [3.8, 4) is 0 Å². The minimum atomic E-state index is -3.54. The van der Waals surface area contributed by atoms with Gasteiger partial charge in [-0.3, -0.25) is 15.1 Å². The molecule has 0 radical (unpaired) electrons. The van der Waals surface area contributed by atoms with Crippen molar-refractivity contribution in [2.45, 2.75) is 30.9 Å². The summed E-state index contributed by atoms with van der Waals surface area (Å²) in [7, 11) is -3.54. The van der Waals surface area contributed by atoms with Crippen LogP contribution in [0.25, 0.3) is 10.9 Å². The van der Waals surface area contributed by atoms with E-state index in [1.807, 2.05) is 6.07 Å². The van der Waals surface area contributed by atoms with Gasteiger partial charge in [-0.25, -0.2) is 18.1 Å². The molecule has 2 N–H and O–H groups in total. The lowest BCUT2D eigenvalue weighted by Crippen LogP contribution is -2.27. The Morgan fingerprint density at radius 3 is 2.78 bits per heavy atom. The number of nitrogens with one attached hydrogen (secondary N) is 1.